The fourth-order valence-corrected chi connectivity index (χ4v) is 6.29. The molecule has 0 fully saturated rings. The summed E-state index contributed by atoms with van der Waals surface area (Å²) < 4.78 is 3.85. The second-order valence-corrected chi connectivity index (χ2v) is 10.4. The maximum atomic E-state index is 14.0. The Morgan fingerprint density at radius 3 is 1.79 bits per heavy atom. The van der Waals surface area contributed by atoms with Crippen LogP contribution in [0.3, 0.4) is 0 Å². The van der Waals surface area contributed by atoms with Crippen LogP contribution in [0.4, 0.5) is 0 Å². The van der Waals surface area contributed by atoms with Gasteiger partial charge in [0, 0.05) is 21.7 Å². The average molecular weight is 540 g/mol. The highest BCUT2D eigenvalue weighted by Gasteiger charge is 2.22. The molecule has 9 rings (SSSR count). The van der Waals surface area contributed by atoms with E-state index in [4.69, 9.17) is 15.0 Å². The summed E-state index contributed by atoms with van der Waals surface area (Å²) in [6.45, 7) is 0. The molecule has 0 N–H and O–H groups in total. The van der Waals surface area contributed by atoms with E-state index < -0.39 is 0 Å². The lowest BCUT2D eigenvalue weighted by atomic mass is 10.0. The maximum absolute atomic E-state index is 14.0. The minimum absolute atomic E-state index is 0.112. The summed E-state index contributed by atoms with van der Waals surface area (Å²) in [5, 5.41) is 4.46. The summed E-state index contributed by atoms with van der Waals surface area (Å²) in [5.74, 6) is 0.566. The predicted octanol–water partition coefficient (Wildman–Crippen LogP) is 7.71. The molecule has 0 aliphatic carbocycles. The molecule has 0 aliphatic rings. The van der Waals surface area contributed by atoms with Gasteiger partial charge < -0.3 is 0 Å². The zero-order chi connectivity index (χ0) is 27.8. The van der Waals surface area contributed by atoms with E-state index in [1.165, 1.54) is 0 Å². The van der Waals surface area contributed by atoms with Crippen molar-refractivity contribution < 1.29 is 0 Å². The number of pyridine rings is 1. The quantitative estimate of drug-likeness (QED) is 0.167. The zero-order valence-corrected chi connectivity index (χ0v) is 22.3. The highest BCUT2D eigenvalue weighted by molar-refractivity contribution is 6.15. The number of hydrogen-bond acceptors (Lipinski definition) is 4. The molecule has 5 aromatic carbocycles. The first-order valence-corrected chi connectivity index (χ1v) is 13.9. The van der Waals surface area contributed by atoms with Gasteiger partial charge in [-0.2, -0.15) is 0 Å². The van der Waals surface area contributed by atoms with Gasteiger partial charge in [-0.1, -0.05) is 97.1 Å². The number of hydrogen-bond donors (Lipinski definition) is 0. The Bertz CT molecular complexity index is 2550. The monoisotopic (exact) mass is 539 g/mol. The Balaban J connectivity index is 1.55. The average Bonchev–Trinajstić information content (AvgIpc) is 3.39. The van der Waals surface area contributed by atoms with Crippen LogP contribution in [0.1, 0.15) is 0 Å². The lowest BCUT2D eigenvalue weighted by Crippen LogP contribution is -2.17. The van der Waals surface area contributed by atoms with Crippen molar-refractivity contribution in [3.05, 3.63) is 138 Å². The Morgan fingerprint density at radius 1 is 0.500 bits per heavy atom. The van der Waals surface area contributed by atoms with E-state index >= 15 is 0 Å². The van der Waals surface area contributed by atoms with Crippen LogP contribution in [0.5, 0.6) is 0 Å². The fourth-order valence-electron chi connectivity index (χ4n) is 6.29. The minimum atomic E-state index is -0.112. The SMILES string of the molecule is O=c1c2ccccc2nc2c3c(-c4ccccc4)nc(-n4c5ccccc5c5ccccc54)nc3c3ccccc3n12. The molecule has 9 aromatic rings. The number of rotatable bonds is 2. The molecule has 0 unspecified atom stereocenters. The van der Waals surface area contributed by atoms with Crippen LogP contribution in [0.15, 0.2) is 132 Å². The van der Waals surface area contributed by atoms with Crippen LogP contribution in [-0.4, -0.2) is 23.9 Å². The number of nitrogens with zero attached hydrogens (tertiary/aromatic N) is 5. The number of benzene rings is 5. The third-order valence-electron chi connectivity index (χ3n) is 8.12. The van der Waals surface area contributed by atoms with Crippen molar-refractivity contribution in [3.63, 3.8) is 0 Å². The first kappa shape index (κ1) is 22.9. The van der Waals surface area contributed by atoms with Crippen LogP contribution in [0, 0.1) is 0 Å². The number of aromatic nitrogens is 5. The van der Waals surface area contributed by atoms with Crippen molar-refractivity contribution in [1.82, 2.24) is 23.9 Å². The summed E-state index contributed by atoms with van der Waals surface area (Å²) in [4.78, 5) is 29.7. The Kier molecular flexibility index (Phi) is 4.66. The van der Waals surface area contributed by atoms with E-state index in [9.17, 15) is 4.79 Å². The molecule has 0 atom stereocenters. The smallest absolute Gasteiger partial charge is 0.266 e. The van der Waals surface area contributed by atoms with Gasteiger partial charge in [0.1, 0.15) is 0 Å². The van der Waals surface area contributed by atoms with Crippen molar-refractivity contribution in [2.45, 2.75) is 0 Å². The van der Waals surface area contributed by atoms with E-state index in [0.29, 0.717) is 22.5 Å². The van der Waals surface area contributed by atoms with Gasteiger partial charge in [0.05, 0.1) is 44.0 Å². The molecular formula is C36H21N5O. The van der Waals surface area contributed by atoms with Crippen LogP contribution in [0.2, 0.25) is 0 Å². The van der Waals surface area contributed by atoms with Gasteiger partial charge in [0.2, 0.25) is 5.95 Å². The maximum Gasteiger partial charge on any atom is 0.266 e. The van der Waals surface area contributed by atoms with Gasteiger partial charge in [0.25, 0.3) is 5.56 Å². The van der Waals surface area contributed by atoms with Crippen LogP contribution < -0.4 is 5.56 Å². The zero-order valence-electron chi connectivity index (χ0n) is 22.3. The van der Waals surface area contributed by atoms with Crippen molar-refractivity contribution in [2.75, 3.05) is 0 Å². The lowest BCUT2D eigenvalue weighted by Gasteiger charge is -2.16. The van der Waals surface area contributed by atoms with Crippen molar-refractivity contribution in [1.29, 1.82) is 0 Å². The Labute approximate surface area is 238 Å². The Morgan fingerprint density at radius 2 is 1.07 bits per heavy atom. The standard InChI is InChI=1S/C36H21N5O/c42-35-25-16-4-8-18-27(25)37-34-31-32(22-12-2-1-3-13-22)38-36(39-33(31)26-17-7-11-21-30(26)41(34)35)40-28-19-9-5-14-23(28)24-15-6-10-20-29(24)40/h1-21H. The largest absolute Gasteiger partial charge is 0.278 e. The van der Waals surface area contributed by atoms with E-state index in [1.807, 2.05) is 91.0 Å². The summed E-state index contributed by atoms with van der Waals surface area (Å²) in [6.07, 6.45) is 0. The molecule has 196 valence electrons. The molecule has 0 bridgehead atoms. The van der Waals surface area contributed by atoms with Crippen molar-refractivity contribution in [3.8, 4) is 17.2 Å². The summed E-state index contributed by atoms with van der Waals surface area (Å²) in [7, 11) is 0. The highest BCUT2D eigenvalue weighted by Crippen LogP contribution is 2.37. The molecule has 6 nitrogen and oxygen atoms in total. The van der Waals surface area contributed by atoms with E-state index in [2.05, 4.69) is 41.0 Å². The molecule has 0 radical (unpaired) electrons. The first-order valence-electron chi connectivity index (χ1n) is 13.9. The second kappa shape index (κ2) is 8.56. The molecule has 4 heterocycles. The topological polar surface area (TPSA) is 65.1 Å². The van der Waals surface area contributed by atoms with Crippen molar-refractivity contribution >= 4 is 60.2 Å². The van der Waals surface area contributed by atoms with Crippen LogP contribution >= 0.6 is 0 Å². The first-order chi connectivity index (χ1) is 20.8. The van der Waals surface area contributed by atoms with E-state index in [1.54, 1.807) is 4.40 Å². The third-order valence-corrected chi connectivity index (χ3v) is 8.12. The normalized spacial score (nSPS) is 11.9. The summed E-state index contributed by atoms with van der Waals surface area (Å²) in [5.41, 5.74) is 6.29. The lowest BCUT2D eigenvalue weighted by molar-refractivity contribution is 1.01. The van der Waals surface area contributed by atoms with Gasteiger partial charge >= 0.3 is 0 Å². The molecule has 0 amide bonds. The number of fused-ring (bicyclic) bond motifs is 10. The van der Waals surface area contributed by atoms with E-state index in [0.717, 1.165) is 54.9 Å². The predicted molar refractivity (Wildman–Crippen MR) is 169 cm³/mol. The van der Waals surface area contributed by atoms with Gasteiger partial charge in [-0.15, -0.1) is 0 Å². The van der Waals surface area contributed by atoms with Crippen LogP contribution in [0.25, 0.3) is 77.4 Å². The van der Waals surface area contributed by atoms with Gasteiger partial charge in [-0.05, 0) is 30.3 Å². The van der Waals surface area contributed by atoms with E-state index in [-0.39, 0.29) is 5.56 Å². The Hall–Kier alpha value is -5.88. The minimum Gasteiger partial charge on any atom is -0.278 e. The third kappa shape index (κ3) is 3.09. The fraction of sp³-hybridized carbons (Fsp3) is 0. The number of para-hydroxylation sites is 4. The molecule has 0 saturated carbocycles. The molecule has 42 heavy (non-hydrogen) atoms. The van der Waals surface area contributed by atoms with Crippen LogP contribution in [-0.2, 0) is 0 Å². The molecular weight excluding hydrogens is 518 g/mol. The van der Waals surface area contributed by atoms with Gasteiger partial charge in [-0.25, -0.2) is 15.0 Å². The summed E-state index contributed by atoms with van der Waals surface area (Å²) >= 11 is 0. The second-order valence-electron chi connectivity index (χ2n) is 10.4. The van der Waals surface area contributed by atoms with Gasteiger partial charge in [0.15, 0.2) is 5.65 Å². The molecule has 0 aliphatic heterocycles. The molecule has 0 spiro atoms. The molecule has 4 aromatic heterocycles. The molecule has 6 heteroatoms. The van der Waals surface area contributed by atoms with Gasteiger partial charge in [-0.3, -0.25) is 13.8 Å². The summed E-state index contributed by atoms with van der Waals surface area (Å²) in [6, 6.07) is 42.2. The molecule has 0 saturated heterocycles. The van der Waals surface area contributed by atoms with Crippen molar-refractivity contribution in [2.24, 2.45) is 0 Å². The highest BCUT2D eigenvalue weighted by atomic mass is 16.1.